The van der Waals surface area contributed by atoms with E-state index < -0.39 is 0 Å². The van der Waals surface area contributed by atoms with Gasteiger partial charge in [-0.2, -0.15) is 0 Å². The Kier molecular flexibility index (Phi) is 8.68. The number of methoxy groups -OCH3 is 2. The number of allylic oxidation sites excluding steroid dienone is 5. The van der Waals surface area contributed by atoms with Gasteiger partial charge in [0.25, 0.3) is 0 Å². The molecule has 0 aromatic carbocycles. The van der Waals surface area contributed by atoms with E-state index in [9.17, 15) is 9.59 Å². The van der Waals surface area contributed by atoms with Gasteiger partial charge in [0.1, 0.15) is 0 Å². The molecular weight excluding hydrogens is 448 g/mol. The van der Waals surface area contributed by atoms with Crippen LogP contribution in [0.3, 0.4) is 0 Å². The summed E-state index contributed by atoms with van der Waals surface area (Å²) in [5.41, 5.74) is 4.18. The molecule has 0 aromatic heterocycles. The second kappa shape index (κ2) is 10.9. The van der Waals surface area contributed by atoms with Crippen LogP contribution in [-0.2, 0) is 19.1 Å². The quantitative estimate of drug-likeness (QED) is 0.240. The van der Waals surface area contributed by atoms with E-state index in [-0.39, 0.29) is 34.1 Å². The molecule has 7 atom stereocenters. The van der Waals surface area contributed by atoms with E-state index in [0.717, 1.165) is 51.4 Å². The lowest BCUT2D eigenvalue weighted by molar-refractivity contribution is -0.151. The van der Waals surface area contributed by atoms with Gasteiger partial charge in [0.15, 0.2) is 0 Å². The number of hydrogen-bond acceptors (Lipinski definition) is 4. The van der Waals surface area contributed by atoms with Gasteiger partial charge in [-0.15, -0.1) is 0 Å². The summed E-state index contributed by atoms with van der Waals surface area (Å²) in [4.78, 5) is 25.2. The highest BCUT2D eigenvalue weighted by atomic mass is 16.5. The molecule has 0 N–H and O–H groups in total. The van der Waals surface area contributed by atoms with Crippen LogP contribution in [0.4, 0.5) is 0 Å². The summed E-state index contributed by atoms with van der Waals surface area (Å²) in [6, 6.07) is 0. The number of rotatable bonds is 9. The summed E-state index contributed by atoms with van der Waals surface area (Å²) >= 11 is 0. The van der Waals surface area contributed by atoms with Gasteiger partial charge in [-0.25, -0.2) is 0 Å². The van der Waals surface area contributed by atoms with Crippen LogP contribution in [0.25, 0.3) is 0 Å². The molecule has 0 aromatic rings. The van der Waals surface area contributed by atoms with E-state index in [1.807, 2.05) is 0 Å². The van der Waals surface area contributed by atoms with Gasteiger partial charge in [-0.1, -0.05) is 56.2 Å². The van der Waals surface area contributed by atoms with Crippen LogP contribution >= 0.6 is 0 Å². The first kappa shape index (κ1) is 28.7. The normalized spacial score (nSPS) is 36.1. The number of ether oxygens (including phenoxy) is 2. The van der Waals surface area contributed by atoms with Crippen molar-refractivity contribution in [3.05, 3.63) is 35.5 Å². The van der Waals surface area contributed by atoms with Crippen molar-refractivity contribution in [3.63, 3.8) is 0 Å². The Morgan fingerprint density at radius 1 is 1.11 bits per heavy atom. The topological polar surface area (TPSA) is 52.6 Å². The zero-order chi connectivity index (χ0) is 26.9. The van der Waals surface area contributed by atoms with E-state index in [1.54, 1.807) is 5.57 Å². The van der Waals surface area contributed by atoms with Crippen LogP contribution in [-0.4, -0.2) is 26.2 Å². The second-order valence-electron chi connectivity index (χ2n) is 12.9. The summed E-state index contributed by atoms with van der Waals surface area (Å²) in [7, 11) is 3.02. The van der Waals surface area contributed by atoms with Crippen molar-refractivity contribution in [3.8, 4) is 0 Å². The third-order valence-electron chi connectivity index (χ3n) is 10.9. The van der Waals surface area contributed by atoms with E-state index in [1.165, 1.54) is 25.4 Å². The smallest absolute Gasteiger partial charge is 0.308 e. The molecule has 0 saturated heterocycles. The average Bonchev–Trinajstić information content (AvgIpc) is 3.11. The first-order valence-corrected chi connectivity index (χ1v) is 14.0. The molecule has 0 spiro atoms. The maximum Gasteiger partial charge on any atom is 0.308 e. The highest BCUT2D eigenvalue weighted by Crippen LogP contribution is 2.72. The number of fused-ring (bicyclic) bond motifs is 3. The van der Waals surface area contributed by atoms with Gasteiger partial charge in [0, 0.05) is 6.42 Å². The van der Waals surface area contributed by atoms with Crippen LogP contribution < -0.4 is 0 Å². The molecule has 0 radical (unpaired) electrons. The molecule has 3 rings (SSSR count). The minimum atomic E-state index is -0.127. The van der Waals surface area contributed by atoms with E-state index >= 15 is 0 Å². The fourth-order valence-corrected chi connectivity index (χ4v) is 8.60. The lowest BCUT2D eigenvalue weighted by Gasteiger charge is -2.60. The lowest BCUT2D eigenvalue weighted by Crippen LogP contribution is -2.52. The molecule has 2 saturated carbocycles. The fourth-order valence-electron chi connectivity index (χ4n) is 8.60. The molecule has 0 heterocycles. The maximum atomic E-state index is 13.1. The minimum absolute atomic E-state index is 0.0161. The number of carbonyl (C=O) groups excluding carboxylic acids is 2. The van der Waals surface area contributed by atoms with Crippen LogP contribution in [0.15, 0.2) is 35.5 Å². The predicted molar refractivity (Wildman–Crippen MR) is 146 cm³/mol. The Hall–Kier alpha value is -1.84. The van der Waals surface area contributed by atoms with Crippen molar-refractivity contribution in [2.45, 2.75) is 99.3 Å². The zero-order valence-corrected chi connectivity index (χ0v) is 24.2. The molecule has 0 bridgehead atoms. The minimum Gasteiger partial charge on any atom is -0.469 e. The number of hydrogen-bond donors (Lipinski definition) is 0. The summed E-state index contributed by atoms with van der Waals surface area (Å²) in [6.45, 7) is 18.1. The van der Waals surface area contributed by atoms with Crippen molar-refractivity contribution in [1.29, 1.82) is 0 Å². The van der Waals surface area contributed by atoms with Gasteiger partial charge in [-0.05, 0) is 106 Å². The van der Waals surface area contributed by atoms with Gasteiger partial charge >= 0.3 is 11.9 Å². The summed E-state index contributed by atoms with van der Waals surface area (Å²) in [6.07, 6.45) is 13.2. The fraction of sp³-hybridized carbons (Fsp3) is 0.750. The molecule has 36 heavy (non-hydrogen) atoms. The van der Waals surface area contributed by atoms with Crippen molar-refractivity contribution in [2.24, 2.45) is 39.9 Å². The van der Waals surface area contributed by atoms with Gasteiger partial charge in [-0.3, -0.25) is 9.59 Å². The SMILES string of the molecule is C=C(C)[C@H]1CC=C2[C@@H](CC[C@]3(C)[C@@H]([C@@H](CCC=C(C)C)C(=O)OC)CC[C@@]23C)[C@]1(C)CCC(=O)OC. The van der Waals surface area contributed by atoms with Crippen molar-refractivity contribution in [1.82, 2.24) is 0 Å². The zero-order valence-electron chi connectivity index (χ0n) is 24.2. The van der Waals surface area contributed by atoms with Crippen LogP contribution in [0, 0.1) is 39.9 Å². The summed E-state index contributed by atoms with van der Waals surface area (Å²) < 4.78 is 10.4. The number of esters is 2. The Morgan fingerprint density at radius 3 is 2.39 bits per heavy atom. The van der Waals surface area contributed by atoms with Crippen molar-refractivity contribution < 1.29 is 19.1 Å². The van der Waals surface area contributed by atoms with Crippen LogP contribution in [0.5, 0.6) is 0 Å². The third-order valence-corrected chi connectivity index (χ3v) is 10.9. The first-order chi connectivity index (χ1) is 16.9. The van der Waals surface area contributed by atoms with E-state index in [2.05, 4.69) is 60.3 Å². The first-order valence-electron chi connectivity index (χ1n) is 14.0. The summed E-state index contributed by atoms with van der Waals surface area (Å²) in [5.74, 6) is 0.884. The van der Waals surface area contributed by atoms with Gasteiger partial charge in [0.2, 0.25) is 0 Å². The lowest BCUT2D eigenvalue weighted by atomic mass is 9.44. The second-order valence-corrected chi connectivity index (χ2v) is 12.9. The molecule has 2 fully saturated rings. The molecule has 202 valence electrons. The Morgan fingerprint density at radius 2 is 1.81 bits per heavy atom. The monoisotopic (exact) mass is 498 g/mol. The Bertz CT molecular complexity index is 924. The van der Waals surface area contributed by atoms with Gasteiger partial charge in [0.05, 0.1) is 20.1 Å². The van der Waals surface area contributed by atoms with Gasteiger partial charge < -0.3 is 9.47 Å². The predicted octanol–water partition coefficient (Wildman–Crippen LogP) is 7.84. The molecule has 4 nitrogen and oxygen atoms in total. The standard InChI is InChI=1S/C32H50O4/c1-21(2)11-10-12-23(29(34)36-9)25-15-19-32(7)27-14-13-24(22(3)4)30(5,18-17-28(33)35-8)26(27)16-20-31(25,32)6/h11,14,23-26H,3,10,12-13,15-20H2,1-2,4-9H3/t23-,24-,25-,26-,30-,31-,32+/m1/s1. The maximum absolute atomic E-state index is 13.1. The van der Waals surface area contributed by atoms with Crippen LogP contribution in [0.1, 0.15) is 99.3 Å². The molecule has 4 heteroatoms. The molecule has 0 aliphatic heterocycles. The average molecular weight is 499 g/mol. The Labute approximate surface area is 220 Å². The highest BCUT2D eigenvalue weighted by Gasteiger charge is 2.64. The molecule has 0 unspecified atom stereocenters. The van der Waals surface area contributed by atoms with Crippen molar-refractivity contribution in [2.75, 3.05) is 14.2 Å². The third kappa shape index (κ3) is 4.86. The van der Waals surface area contributed by atoms with Crippen LogP contribution in [0.2, 0.25) is 0 Å². The van der Waals surface area contributed by atoms with Crippen molar-refractivity contribution >= 4 is 11.9 Å². The highest BCUT2D eigenvalue weighted by molar-refractivity contribution is 5.73. The van der Waals surface area contributed by atoms with E-state index in [4.69, 9.17) is 9.47 Å². The van der Waals surface area contributed by atoms with E-state index in [0.29, 0.717) is 24.2 Å². The Balaban J connectivity index is 1.97. The number of carbonyl (C=O) groups is 2. The molecule has 3 aliphatic carbocycles. The molecular formula is C32H50O4. The molecule has 3 aliphatic rings. The largest absolute Gasteiger partial charge is 0.469 e. The summed E-state index contributed by atoms with van der Waals surface area (Å²) in [5, 5.41) is 0. The molecule has 0 amide bonds.